The summed E-state index contributed by atoms with van der Waals surface area (Å²) < 4.78 is 2.36. The minimum atomic E-state index is 1.01. The Kier molecular flexibility index (Phi) is 3.72. The molecule has 0 bridgehead atoms. The van der Waals surface area contributed by atoms with Gasteiger partial charge in [-0.1, -0.05) is 66.7 Å². The van der Waals surface area contributed by atoms with Gasteiger partial charge in [0, 0.05) is 16.3 Å². The Balaban J connectivity index is 1.72. The summed E-state index contributed by atoms with van der Waals surface area (Å²) in [6, 6.07) is 33.0. The molecule has 0 fully saturated rings. The van der Waals surface area contributed by atoms with Gasteiger partial charge in [-0.25, -0.2) is 4.98 Å². The molecule has 0 N–H and O–H groups in total. The van der Waals surface area contributed by atoms with Gasteiger partial charge in [0.1, 0.15) is 5.65 Å². The van der Waals surface area contributed by atoms with Crippen molar-refractivity contribution in [1.82, 2.24) is 9.38 Å². The molecule has 0 atom stereocenters. The number of hydrogen-bond donors (Lipinski definition) is 0. The Labute approximate surface area is 191 Å². The van der Waals surface area contributed by atoms with Crippen LogP contribution in [0.25, 0.3) is 60.1 Å². The summed E-state index contributed by atoms with van der Waals surface area (Å²) in [6.45, 7) is 4.37. The summed E-state index contributed by atoms with van der Waals surface area (Å²) in [5.74, 6) is 0. The van der Waals surface area contributed by atoms with Crippen molar-refractivity contribution >= 4 is 48.9 Å². The van der Waals surface area contributed by atoms with Crippen LogP contribution >= 0.6 is 0 Å². The highest BCUT2D eigenvalue weighted by Gasteiger charge is 2.17. The topological polar surface area (TPSA) is 17.3 Å². The number of hydrogen-bond acceptors (Lipinski definition) is 1. The largest absolute Gasteiger partial charge is 0.292 e. The zero-order valence-corrected chi connectivity index (χ0v) is 18.6. The third kappa shape index (κ3) is 2.58. The first-order valence-electron chi connectivity index (χ1n) is 11.4. The van der Waals surface area contributed by atoms with Gasteiger partial charge in [0.05, 0.1) is 17.4 Å². The van der Waals surface area contributed by atoms with E-state index in [1.165, 1.54) is 59.9 Å². The molecule has 2 aromatic heterocycles. The molecule has 7 aromatic rings. The van der Waals surface area contributed by atoms with E-state index in [1.54, 1.807) is 0 Å². The molecule has 0 unspecified atom stereocenters. The fraction of sp³-hybridized carbons (Fsp3) is 0.0645. The molecule has 0 spiro atoms. The zero-order valence-electron chi connectivity index (χ0n) is 18.6. The van der Waals surface area contributed by atoms with Crippen LogP contribution in [0.1, 0.15) is 11.1 Å². The number of aryl methyl sites for hydroxylation is 2. The summed E-state index contributed by atoms with van der Waals surface area (Å²) in [5.41, 5.74) is 7.16. The Hall–Kier alpha value is -4.17. The molecule has 0 saturated heterocycles. The SMILES string of the molecule is Cc1cccc(C)c1-c1cnc2c3ccccc3c3cc4cc5ccccc5cc4cc3n12. The van der Waals surface area contributed by atoms with Crippen LogP contribution in [-0.4, -0.2) is 9.38 Å². The van der Waals surface area contributed by atoms with Crippen LogP contribution < -0.4 is 0 Å². The van der Waals surface area contributed by atoms with Gasteiger partial charge < -0.3 is 0 Å². The third-order valence-electron chi connectivity index (χ3n) is 7.02. The van der Waals surface area contributed by atoms with Gasteiger partial charge in [0.2, 0.25) is 0 Å². The summed E-state index contributed by atoms with van der Waals surface area (Å²) >= 11 is 0. The number of imidazole rings is 1. The van der Waals surface area contributed by atoms with Crippen LogP contribution in [0.3, 0.4) is 0 Å². The smallest absolute Gasteiger partial charge is 0.145 e. The van der Waals surface area contributed by atoms with Crippen molar-refractivity contribution in [1.29, 1.82) is 0 Å². The molecule has 0 saturated carbocycles. The molecule has 0 aliphatic carbocycles. The van der Waals surface area contributed by atoms with Gasteiger partial charge in [0.25, 0.3) is 0 Å². The van der Waals surface area contributed by atoms with Gasteiger partial charge >= 0.3 is 0 Å². The van der Waals surface area contributed by atoms with Crippen LogP contribution in [0.4, 0.5) is 0 Å². The highest BCUT2D eigenvalue weighted by molar-refractivity contribution is 6.16. The Morgan fingerprint density at radius 1 is 0.576 bits per heavy atom. The molecule has 33 heavy (non-hydrogen) atoms. The van der Waals surface area contributed by atoms with Crippen molar-refractivity contribution in [3.63, 3.8) is 0 Å². The van der Waals surface area contributed by atoms with E-state index in [-0.39, 0.29) is 0 Å². The number of fused-ring (bicyclic) bond motifs is 8. The monoisotopic (exact) mass is 422 g/mol. The van der Waals surface area contributed by atoms with Crippen molar-refractivity contribution in [2.75, 3.05) is 0 Å². The quantitative estimate of drug-likeness (QED) is 0.192. The minimum Gasteiger partial charge on any atom is -0.292 e. The summed E-state index contributed by atoms with van der Waals surface area (Å²) in [5, 5.41) is 8.73. The van der Waals surface area contributed by atoms with Gasteiger partial charge in [-0.15, -0.1) is 0 Å². The average Bonchev–Trinajstić information content (AvgIpc) is 3.27. The lowest BCUT2D eigenvalue weighted by molar-refractivity contribution is 1.25. The molecular weight excluding hydrogens is 400 g/mol. The first kappa shape index (κ1) is 18.4. The second-order valence-electron chi connectivity index (χ2n) is 9.03. The lowest BCUT2D eigenvalue weighted by atomic mass is 9.98. The molecule has 0 aliphatic rings. The Morgan fingerprint density at radius 2 is 1.21 bits per heavy atom. The molecule has 0 amide bonds. The highest BCUT2D eigenvalue weighted by Crippen LogP contribution is 2.37. The molecular formula is C31H22N2. The molecule has 2 nitrogen and oxygen atoms in total. The maximum absolute atomic E-state index is 4.95. The van der Waals surface area contributed by atoms with Crippen LogP contribution in [-0.2, 0) is 0 Å². The van der Waals surface area contributed by atoms with Crippen molar-refractivity contribution < 1.29 is 0 Å². The summed E-state index contributed by atoms with van der Waals surface area (Å²) in [7, 11) is 0. The van der Waals surface area contributed by atoms with Crippen LogP contribution in [0.5, 0.6) is 0 Å². The van der Waals surface area contributed by atoms with Gasteiger partial charge in [-0.2, -0.15) is 0 Å². The Bertz CT molecular complexity index is 1870. The minimum absolute atomic E-state index is 1.01. The van der Waals surface area contributed by atoms with E-state index in [9.17, 15) is 0 Å². The standard InChI is InChI=1S/C31H22N2/c1-19-8-7-9-20(2)30(19)29-18-32-31-26-13-6-5-12-25(26)27-16-23-14-21-10-3-4-11-22(21)15-24(23)17-28(27)33(29)31/h3-18H,1-2H3. The third-order valence-corrected chi connectivity index (χ3v) is 7.02. The van der Waals surface area contributed by atoms with Crippen molar-refractivity contribution in [2.45, 2.75) is 13.8 Å². The second-order valence-corrected chi connectivity index (χ2v) is 9.03. The summed E-state index contributed by atoms with van der Waals surface area (Å²) in [6.07, 6.45) is 2.04. The predicted molar refractivity (Wildman–Crippen MR) is 140 cm³/mol. The molecule has 156 valence electrons. The van der Waals surface area contributed by atoms with Crippen LogP contribution in [0, 0.1) is 13.8 Å². The van der Waals surface area contributed by atoms with E-state index < -0.39 is 0 Å². The molecule has 2 heterocycles. The summed E-state index contributed by atoms with van der Waals surface area (Å²) in [4.78, 5) is 4.95. The lowest BCUT2D eigenvalue weighted by Crippen LogP contribution is -1.96. The molecule has 5 aromatic carbocycles. The molecule has 0 radical (unpaired) electrons. The number of rotatable bonds is 1. The van der Waals surface area contributed by atoms with Crippen molar-refractivity contribution in [3.05, 3.63) is 108 Å². The molecule has 0 aliphatic heterocycles. The van der Waals surface area contributed by atoms with Crippen LogP contribution in [0.2, 0.25) is 0 Å². The Morgan fingerprint density at radius 3 is 1.94 bits per heavy atom. The fourth-order valence-corrected chi connectivity index (χ4v) is 5.47. The number of benzene rings is 5. The van der Waals surface area contributed by atoms with E-state index >= 15 is 0 Å². The zero-order chi connectivity index (χ0) is 22.1. The van der Waals surface area contributed by atoms with E-state index in [0.717, 1.165) is 11.3 Å². The number of nitrogens with zero attached hydrogens (tertiary/aromatic N) is 2. The van der Waals surface area contributed by atoms with E-state index in [0.29, 0.717) is 0 Å². The van der Waals surface area contributed by atoms with E-state index in [4.69, 9.17) is 4.98 Å². The number of pyridine rings is 1. The van der Waals surface area contributed by atoms with Crippen molar-refractivity contribution in [3.8, 4) is 11.3 Å². The lowest BCUT2D eigenvalue weighted by Gasteiger charge is -2.15. The predicted octanol–water partition coefficient (Wildman–Crippen LogP) is 8.23. The highest BCUT2D eigenvalue weighted by atomic mass is 15.0. The maximum Gasteiger partial charge on any atom is 0.145 e. The maximum atomic E-state index is 4.95. The van der Waals surface area contributed by atoms with Gasteiger partial charge in [-0.3, -0.25) is 4.40 Å². The first-order chi connectivity index (χ1) is 16.2. The second kappa shape index (κ2) is 6.66. The average molecular weight is 423 g/mol. The van der Waals surface area contributed by atoms with Crippen molar-refractivity contribution in [2.24, 2.45) is 0 Å². The van der Waals surface area contributed by atoms with Crippen LogP contribution in [0.15, 0.2) is 97.2 Å². The number of aromatic nitrogens is 2. The molecule has 7 rings (SSSR count). The van der Waals surface area contributed by atoms with Gasteiger partial charge in [0.15, 0.2) is 0 Å². The fourth-order valence-electron chi connectivity index (χ4n) is 5.47. The molecule has 2 heteroatoms. The van der Waals surface area contributed by atoms with E-state index in [2.05, 4.69) is 109 Å². The van der Waals surface area contributed by atoms with Gasteiger partial charge in [-0.05, 0) is 76.2 Å². The van der Waals surface area contributed by atoms with E-state index in [1.807, 2.05) is 6.20 Å². The normalized spacial score (nSPS) is 11.9. The first-order valence-corrected chi connectivity index (χ1v) is 11.4.